The fraction of sp³-hybridized carbons (Fsp3) is 0.176. The first kappa shape index (κ1) is 12.6. The third kappa shape index (κ3) is 2.01. The number of benzene rings is 1. The Hall–Kier alpha value is -2.42. The van der Waals surface area contributed by atoms with Crippen molar-refractivity contribution >= 4 is 0 Å². The van der Waals surface area contributed by atoms with Gasteiger partial charge in [0.15, 0.2) is 0 Å². The lowest BCUT2D eigenvalue weighted by molar-refractivity contribution is 0.921. The van der Waals surface area contributed by atoms with Crippen molar-refractivity contribution < 1.29 is 0 Å². The monoisotopic (exact) mass is 263 g/mol. The molecule has 0 saturated heterocycles. The van der Waals surface area contributed by atoms with Gasteiger partial charge in [0.05, 0.1) is 17.7 Å². The summed E-state index contributed by atoms with van der Waals surface area (Å²) < 4.78 is 2.07. The van der Waals surface area contributed by atoms with Crippen LogP contribution in [0, 0.1) is 13.8 Å². The van der Waals surface area contributed by atoms with Crippen molar-refractivity contribution in [1.82, 2.24) is 14.5 Å². The zero-order valence-electron chi connectivity index (χ0n) is 12.0. The number of pyridine rings is 1. The number of hydrogen-bond acceptors (Lipinski definition) is 2. The summed E-state index contributed by atoms with van der Waals surface area (Å²) in [5.41, 5.74) is 7.02. The fourth-order valence-electron chi connectivity index (χ4n) is 2.65. The molecule has 0 aliphatic heterocycles. The maximum Gasteiger partial charge on any atom is 0.0968 e. The van der Waals surface area contributed by atoms with Crippen LogP contribution in [0.5, 0.6) is 0 Å². The molecular formula is C17H17N3. The van der Waals surface area contributed by atoms with E-state index in [0.717, 1.165) is 17.0 Å². The number of nitrogens with zero attached hydrogens (tertiary/aromatic N) is 3. The van der Waals surface area contributed by atoms with Gasteiger partial charge in [-0.15, -0.1) is 0 Å². The second kappa shape index (κ2) is 4.93. The van der Waals surface area contributed by atoms with Gasteiger partial charge >= 0.3 is 0 Å². The molecule has 3 nitrogen and oxygen atoms in total. The van der Waals surface area contributed by atoms with E-state index in [1.807, 2.05) is 37.9 Å². The Morgan fingerprint density at radius 2 is 1.60 bits per heavy atom. The third-order valence-corrected chi connectivity index (χ3v) is 3.61. The van der Waals surface area contributed by atoms with E-state index in [2.05, 4.69) is 46.6 Å². The van der Waals surface area contributed by atoms with Crippen LogP contribution < -0.4 is 0 Å². The van der Waals surface area contributed by atoms with Gasteiger partial charge in [-0.2, -0.15) is 0 Å². The van der Waals surface area contributed by atoms with Gasteiger partial charge < -0.3 is 4.57 Å². The Morgan fingerprint density at radius 3 is 2.25 bits per heavy atom. The minimum absolute atomic E-state index is 1.04. The molecular weight excluding hydrogens is 246 g/mol. The van der Waals surface area contributed by atoms with Crippen LogP contribution in [-0.2, 0) is 7.05 Å². The number of aryl methyl sites for hydroxylation is 3. The summed E-state index contributed by atoms with van der Waals surface area (Å²) in [6.45, 7) is 4.26. The van der Waals surface area contributed by atoms with E-state index in [1.165, 1.54) is 16.7 Å². The predicted octanol–water partition coefficient (Wildman–Crippen LogP) is 3.77. The molecule has 0 bridgehead atoms. The van der Waals surface area contributed by atoms with Crippen molar-refractivity contribution in [3.05, 3.63) is 60.2 Å². The van der Waals surface area contributed by atoms with E-state index < -0.39 is 0 Å². The van der Waals surface area contributed by atoms with Gasteiger partial charge in [0.25, 0.3) is 0 Å². The van der Waals surface area contributed by atoms with Gasteiger partial charge in [0.2, 0.25) is 0 Å². The Bertz CT molecular complexity index is 722. The fourth-order valence-corrected chi connectivity index (χ4v) is 2.65. The van der Waals surface area contributed by atoms with E-state index in [4.69, 9.17) is 0 Å². The first-order chi connectivity index (χ1) is 9.68. The molecule has 3 aromatic rings. The van der Waals surface area contributed by atoms with Gasteiger partial charge in [-0.25, -0.2) is 4.98 Å². The molecule has 20 heavy (non-hydrogen) atoms. The molecule has 2 heterocycles. The van der Waals surface area contributed by atoms with Crippen molar-refractivity contribution in [3.8, 4) is 22.5 Å². The summed E-state index contributed by atoms with van der Waals surface area (Å²) in [6, 6.07) is 10.4. The minimum Gasteiger partial charge on any atom is -0.333 e. The molecule has 3 heteroatoms. The first-order valence-electron chi connectivity index (χ1n) is 6.67. The molecule has 2 aromatic heterocycles. The molecule has 0 amide bonds. The Morgan fingerprint density at radius 1 is 0.950 bits per heavy atom. The van der Waals surface area contributed by atoms with E-state index in [9.17, 15) is 0 Å². The number of hydrogen-bond donors (Lipinski definition) is 0. The van der Waals surface area contributed by atoms with Crippen molar-refractivity contribution in [3.63, 3.8) is 0 Å². The standard InChI is InChI=1S/C17H17N3/c1-12-5-4-6-13(2)15(12)16-17(20(3)11-19-16)14-7-9-18-10-8-14/h4-11H,1-3H3. The van der Waals surface area contributed by atoms with Crippen LogP contribution in [0.2, 0.25) is 0 Å². The van der Waals surface area contributed by atoms with Crippen molar-refractivity contribution in [2.24, 2.45) is 7.05 Å². The Balaban J connectivity index is 2.27. The van der Waals surface area contributed by atoms with Crippen LogP contribution in [0.3, 0.4) is 0 Å². The minimum atomic E-state index is 1.04. The van der Waals surface area contributed by atoms with Crippen molar-refractivity contribution in [2.45, 2.75) is 13.8 Å². The predicted molar refractivity (Wildman–Crippen MR) is 81.3 cm³/mol. The maximum absolute atomic E-state index is 4.63. The average molecular weight is 263 g/mol. The molecule has 0 unspecified atom stereocenters. The van der Waals surface area contributed by atoms with Gasteiger partial charge in [-0.3, -0.25) is 4.98 Å². The lowest BCUT2D eigenvalue weighted by Crippen LogP contribution is -1.94. The summed E-state index contributed by atoms with van der Waals surface area (Å²) in [6.07, 6.45) is 5.50. The zero-order chi connectivity index (χ0) is 14.1. The van der Waals surface area contributed by atoms with Crippen LogP contribution in [0.25, 0.3) is 22.5 Å². The molecule has 100 valence electrons. The summed E-state index contributed by atoms with van der Waals surface area (Å²) in [5, 5.41) is 0. The van der Waals surface area contributed by atoms with Gasteiger partial charge in [-0.05, 0) is 37.1 Å². The van der Waals surface area contributed by atoms with Gasteiger partial charge in [0, 0.05) is 30.6 Å². The number of imidazole rings is 1. The van der Waals surface area contributed by atoms with E-state index in [0.29, 0.717) is 0 Å². The van der Waals surface area contributed by atoms with Crippen LogP contribution in [0.1, 0.15) is 11.1 Å². The molecule has 0 radical (unpaired) electrons. The van der Waals surface area contributed by atoms with Crippen LogP contribution in [0.4, 0.5) is 0 Å². The summed E-state index contributed by atoms with van der Waals surface area (Å²) in [5.74, 6) is 0. The van der Waals surface area contributed by atoms with Crippen LogP contribution >= 0.6 is 0 Å². The molecule has 0 aliphatic rings. The zero-order valence-corrected chi connectivity index (χ0v) is 12.0. The molecule has 0 N–H and O–H groups in total. The molecule has 0 spiro atoms. The summed E-state index contributed by atoms with van der Waals surface area (Å²) in [7, 11) is 2.03. The van der Waals surface area contributed by atoms with Gasteiger partial charge in [0.1, 0.15) is 0 Å². The van der Waals surface area contributed by atoms with E-state index in [1.54, 1.807) is 0 Å². The second-order valence-corrected chi connectivity index (χ2v) is 5.06. The van der Waals surface area contributed by atoms with E-state index in [-0.39, 0.29) is 0 Å². The first-order valence-corrected chi connectivity index (χ1v) is 6.67. The lowest BCUT2D eigenvalue weighted by Gasteiger charge is -2.11. The average Bonchev–Trinajstić information content (AvgIpc) is 2.81. The third-order valence-electron chi connectivity index (χ3n) is 3.61. The highest BCUT2D eigenvalue weighted by molar-refractivity contribution is 5.81. The quantitative estimate of drug-likeness (QED) is 0.704. The maximum atomic E-state index is 4.63. The molecule has 0 saturated carbocycles. The molecule has 0 atom stereocenters. The highest BCUT2D eigenvalue weighted by atomic mass is 15.0. The molecule has 0 aliphatic carbocycles. The summed E-state index contributed by atoms with van der Waals surface area (Å²) in [4.78, 5) is 8.72. The van der Waals surface area contributed by atoms with Gasteiger partial charge in [-0.1, -0.05) is 18.2 Å². The van der Waals surface area contributed by atoms with Crippen molar-refractivity contribution in [1.29, 1.82) is 0 Å². The largest absolute Gasteiger partial charge is 0.333 e. The van der Waals surface area contributed by atoms with Crippen molar-refractivity contribution in [2.75, 3.05) is 0 Å². The molecule has 0 fully saturated rings. The Kier molecular flexibility index (Phi) is 3.11. The Labute approximate surface area is 118 Å². The van der Waals surface area contributed by atoms with E-state index >= 15 is 0 Å². The second-order valence-electron chi connectivity index (χ2n) is 5.06. The normalized spacial score (nSPS) is 10.8. The molecule has 1 aromatic carbocycles. The SMILES string of the molecule is Cc1cccc(C)c1-c1ncn(C)c1-c1ccncc1. The molecule has 3 rings (SSSR count). The number of rotatable bonds is 2. The van der Waals surface area contributed by atoms with Crippen LogP contribution in [0.15, 0.2) is 49.1 Å². The summed E-state index contributed by atoms with van der Waals surface area (Å²) >= 11 is 0. The smallest absolute Gasteiger partial charge is 0.0968 e. The lowest BCUT2D eigenvalue weighted by atomic mass is 9.97. The van der Waals surface area contributed by atoms with Crippen LogP contribution in [-0.4, -0.2) is 14.5 Å². The highest BCUT2D eigenvalue weighted by Crippen LogP contribution is 2.34. The highest BCUT2D eigenvalue weighted by Gasteiger charge is 2.16. The number of aromatic nitrogens is 3. The topological polar surface area (TPSA) is 30.7 Å².